The van der Waals surface area contributed by atoms with E-state index in [1.54, 1.807) is 0 Å². The molecule has 0 N–H and O–H groups in total. The van der Waals surface area contributed by atoms with E-state index in [2.05, 4.69) is 20.8 Å². The molecule has 0 radical (unpaired) electrons. The van der Waals surface area contributed by atoms with Gasteiger partial charge < -0.3 is 0 Å². The summed E-state index contributed by atoms with van der Waals surface area (Å²) < 4.78 is 0. The zero-order valence-electron chi connectivity index (χ0n) is 13.1. The van der Waals surface area contributed by atoms with Gasteiger partial charge in [-0.3, -0.25) is 4.89 Å². The van der Waals surface area contributed by atoms with Crippen LogP contribution in [0.3, 0.4) is 0 Å². The van der Waals surface area contributed by atoms with Crippen molar-refractivity contribution in [2.75, 3.05) is 6.61 Å². The molecule has 0 bridgehead atoms. The summed E-state index contributed by atoms with van der Waals surface area (Å²) in [5, 5.41) is 0. The lowest BCUT2D eigenvalue weighted by molar-refractivity contribution is -0.272. The second kappa shape index (κ2) is 13.9. The topological polar surface area (TPSA) is 35.5 Å². The van der Waals surface area contributed by atoms with Gasteiger partial charge in [0, 0.05) is 6.42 Å². The molecule has 0 saturated heterocycles. The van der Waals surface area contributed by atoms with E-state index in [1.807, 2.05) is 0 Å². The first-order chi connectivity index (χ1) is 9.16. The molecular formula is C16H32O3. The standard InChI is InChI=1S/C16H32O3/c1-4-5-6-10-13-16(17)19-18-14-11-8-7-9-12-15(2)3/h15H,4-14H2,1-3H3. The van der Waals surface area contributed by atoms with Crippen molar-refractivity contribution >= 4 is 5.97 Å². The highest BCUT2D eigenvalue weighted by Crippen LogP contribution is 2.09. The molecule has 0 heterocycles. The maximum absolute atomic E-state index is 11.3. The zero-order valence-corrected chi connectivity index (χ0v) is 13.1. The first kappa shape index (κ1) is 18.4. The van der Waals surface area contributed by atoms with Crippen molar-refractivity contribution in [2.45, 2.75) is 85.0 Å². The van der Waals surface area contributed by atoms with Crippen LogP contribution in [0.5, 0.6) is 0 Å². The van der Waals surface area contributed by atoms with Crippen LogP contribution in [0.2, 0.25) is 0 Å². The number of unbranched alkanes of at least 4 members (excludes halogenated alkanes) is 6. The Morgan fingerprint density at radius 3 is 2.32 bits per heavy atom. The van der Waals surface area contributed by atoms with E-state index < -0.39 is 0 Å². The fraction of sp³-hybridized carbons (Fsp3) is 0.938. The summed E-state index contributed by atoms with van der Waals surface area (Å²) in [6.45, 7) is 7.19. The molecule has 0 atom stereocenters. The van der Waals surface area contributed by atoms with Crippen LogP contribution in [0.4, 0.5) is 0 Å². The Balaban J connectivity index is 3.14. The molecule has 0 aromatic heterocycles. The van der Waals surface area contributed by atoms with E-state index in [4.69, 9.17) is 9.78 Å². The van der Waals surface area contributed by atoms with Gasteiger partial charge in [0.2, 0.25) is 0 Å². The Kier molecular flexibility index (Phi) is 13.4. The van der Waals surface area contributed by atoms with Crippen LogP contribution in [-0.4, -0.2) is 12.6 Å². The van der Waals surface area contributed by atoms with Gasteiger partial charge in [-0.15, -0.1) is 0 Å². The molecule has 0 aliphatic heterocycles. The smallest absolute Gasteiger partial charge is 0.298 e. The van der Waals surface area contributed by atoms with Gasteiger partial charge in [0.25, 0.3) is 0 Å². The summed E-state index contributed by atoms with van der Waals surface area (Å²) in [5.41, 5.74) is 0. The largest absolute Gasteiger partial charge is 0.342 e. The molecule has 0 rings (SSSR count). The molecule has 3 nitrogen and oxygen atoms in total. The minimum atomic E-state index is -0.226. The van der Waals surface area contributed by atoms with Gasteiger partial charge in [-0.2, -0.15) is 4.89 Å². The van der Waals surface area contributed by atoms with Crippen molar-refractivity contribution < 1.29 is 14.6 Å². The van der Waals surface area contributed by atoms with Gasteiger partial charge in [-0.25, -0.2) is 4.79 Å². The summed E-state index contributed by atoms with van der Waals surface area (Å²) in [6.07, 6.45) is 10.8. The van der Waals surface area contributed by atoms with Crippen molar-refractivity contribution in [1.82, 2.24) is 0 Å². The molecule has 0 aromatic carbocycles. The van der Waals surface area contributed by atoms with Gasteiger partial charge in [-0.1, -0.05) is 65.7 Å². The van der Waals surface area contributed by atoms with Crippen molar-refractivity contribution in [3.63, 3.8) is 0 Å². The van der Waals surface area contributed by atoms with Crippen LogP contribution in [0.15, 0.2) is 0 Å². The lowest BCUT2D eigenvalue weighted by Crippen LogP contribution is -2.06. The Hall–Kier alpha value is -0.570. The lowest BCUT2D eigenvalue weighted by atomic mass is 10.0. The predicted octanol–water partition coefficient (Wildman–Crippen LogP) is 5.04. The number of hydrogen-bond donors (Lipinski definition) is 0. The molecule has 0 aromatic rings. The molecule has 0 aliphatic rings. The second-order valence-electron chi connectivity index (χ2n) is 5.68. The molecular weight excluding hydrogens is 240 g/mol. The van der Waals surface area contributed by atoms with Gasteiger partial charge in [0.1, 0.15) is 0 Å². The molecule has 0 aliphatic carbocycles. The van der Waals surface area contributed by atoms with Crippen LogP contribution in [0.25, 0.3) is 0 Å². The third-order valence-electron chi connectivity index (χ3n) is 3.15. The summed E-state index contributed by atoms with van der Waals surface area (Å²) >= 11 is 0. The Morgan fingerprint density at radius 2 is 1.63 bits per heavy atom. The molecule has 0 amide bonds. The van der Waals surface area contributed by atoms with Gasteiger partial charge in [0.15, 0.2) is 0 Å². The SMILES string of the molecule is CCCCCCC(=O)OOCCCCCCC(C)C. The molecule has 0 spiro atoms. The minimum absolute atomic E-state index is 0.226. The van der Waals surface area contributed by atoms with Crippen molar-refractivity contribution in [2.24, 2.45) is 5.92 Å². The second-order valence-corrected chi connectivity index (χ2v) is 5.68. The van der Waals surface area contributed by atoms with E-state index in [1.165, 1.54) is 32.1 Å². The first-order valence-corrected chi connectivity index (χ1v) is 7.99. The minimum Gasteiger partial charge on any atom is -0.298 e. The lowest BCUT2D eigenvalue weighted by Gasteiger charge is -2.05. The van der Waals surface area contributed by atoms with Crippen molar-refractivity contribution in [3.05, 3.63) is 0 Å². The maximum atomic E-state index is 11.3. The highest BCUT2D eigenvalue weighted by Gasteiger charge is 2.03. The van der Waals surface area contributed by atoms with Crippen LogP contribution < -0.4 is 0 Å². The van der Waals surface area contributed by atoms with Crippen LogP contribution in [-0.2, 0) is 14.6 Å². The fourth-order valence-electron chi connectivity index (χ4n) is 1.91. The van der Waals surface area contributed by atoms with Gasteiger partial charge >= 0.3 is 5.97 Å². The highest BCUT2D eigenvalue weighted by atomic mass is 17.2. The van der Waals surface area contributed by atoms with Crippen molar-refractivity contribution in [1.29, 1.82) is 0 Å². The molecule has 19 heavy (non-hydrogen) atoms. The number of carbonyl (C=O) groups excluding carboxylic acids is 1. The Morgan fingerprint density at radius 1 is 0.947 bits per heavy atom. The normalized spacial score (nSPS) is 10.9. The predicted molar refractivity (Wildman–Crippen MR) is 78.7 cm³/mol. The summed E-state index contributed by atoms with van der Waals surface area (Å²) in [6, 6.07) is 0. The Labute approximate surface area is 119 Å². The fourth-order valence-corrected chi connectivity index (χ4v) is 1.91. The first-order valence-electron chi connectivity index (χ1n) is 7.99. The summed E-state index contributed by atoms with van der Waals surface area (Å²) in [7, 11) is 0. The molecule has 0 unspecified atom stereocenters. The van der Waals surface area contributed by atoms with E-state index in [0.717, 1.165) is 31.6 Å². The Bertz CT molecular complexity index is 202. The summed E-state index contributed by atoms with van der Waals surface area (Å²) in [4.78, 5) is 20.9. The molecule has 0 fully saturated rings. The number of carbonyl (C=O) groups is 1. The van der Waals surface area contributed by atoms with E-state index >= 15 is 0 Å². The quantitative estimate of drug-likeness (QED) is 0.268. The summed E-state index contributed by atoms with van der Waals surface area (Å²) in [5.74, 6) is 0.570. The van der Waals surface area contributed by atoms with Gasteiger partial charge in [0.05, 0.1) is 6.61 Å². The van der Waals surface area contributed by atoms with Crippen LogP contribution in [0.1, 0.15) is 85.0 Å². The average Bonchev–Trinajstić information content (AvgIpc) is 2.37. The highest BCUT2D eigenvalue weighted by molar-refractivity contribution is 5.68. The van der Waals surface area contributed by atoms with Crippen LogP contribution in [0, 0.1) is 5.92 Å². The third kappa shape index (κ3) is 15.4. The van der Waals surface area contributed by atoms with E-state index in [9.17, 15) is 4.79 Å². The third-order valence-corrected chi connectivity index (χ3v) is 3.15. The van der Waals surface area contributed by atoms with Gasteiger partial charge in [-0.05, 0) is 18.8 Å². The average molecular weight is 272 g/mol. The number of hydrogen-bond acceptors (Lipinski definition) is 3. The maximum Gasteiger partial charge on any atom is 0.342 e. The molecule has 114 valence electrons. The molecule has 3 heteroatoms. The van der Waals surface area contributed by atoms with Crippen molar-refractivity contribution in [3.8, 4) is 0 Å². The zero-order chi connectivity index (χ0) is 14.3. The van der Waals surface area contributed by atoms with E-state index in [0.29, 0.717) is 13.0 Å². The monoisotopic (exact) mass is 272 g/mol. The number of rotatable bonds is 13. The van der Waals surface area contributed by atoms with E-state index in [-0.39, 0.29) is 5.97 Å². The molecule has 0 saturated carbocycles. The van der Waals surface area contributed by atoms with Crippen LogP contribution >= 0.6 is 0 Å².